The monoisotopic (exact) mass is 265 g/mol. The van der Waals surface area contributed by atoms with Crippen LogP contribution in [0, 0.1) is 0 Å². The summed E-state index contributed by atoms with van der Waals surface area (Å²) in [5.74, 6) is 2.89. The Balaban J connectivity index is 1.87. The van der Waals surface area contributed by atoms with Crippen molar-refractivity contribution >= 4 is 11.8 Å². The fourth-order valence-electron chi connectivity index (χ4n) is 2.65. The van der Waals surface area contributed by atoms with Crippen LogP contribution in [0.2, 0.25) is 0 Å². The van der Waals surface area contributed by atoms with Crippen molar-refractivity contribution in [3.63, 3.8) is 0 Å². The van der Waals surface area contributed by atoms with Gasteiger partial charge in [0.25, 0.3) is 0 Å². The third-order valence-corrected chi connectivity index (χ3v) is 5.44. The summed E-state index contributed by atoms with van der Waals surface area (Å²) in [6.07, 6.45) is 2.45. The summed E-state index contributed by atoms with van der Waals surface area (Å²) in [7, 11) is 0. The predicted octanol–water partition coefficient (Wildman–Crippen LogP) is 2.74. The molecule has 0 aliphatic carbocycles. The number of benzene rings is 1. The Morgan fingerprint density at radius 3 is 2.78 bits per heavy atom. The highest BCUT2D eigenvalue weighted by Gasteiger charge is 2.36. The molecule has 1 fully saturated rings. The first-order valence-electron chi connectivity index (χ1n) is 6.48. The van der Waals surface area contributed by atoms with E-state index in [0.29, 0.717) is 13.2 Å². The molecule has 2 atom stereocenters. The van der Waals surface area contributed by atoms with E-state index in [2.05, 4.69) is 13.0 Å². The first kappa shape index (κ1) is 12.2. The minimum atomic E-state index is 0.0563. The number of hydrogen-bond acceptors (Lipinski definition) is 4. The molecule has 0 radical (unpaired) electrons. The van der Waals surface area contributed by atoms with E-state index >= 15 is 0 Å². The molecule has 2 N–H and O–H groups in total. The standard InChI is InChI=1S/C14H19NO2S/c1-14(5-2-8-18-14)13(15)10-3-4-11-12(9-10)17-7-6-16-11/h3-4,9,13H,2,5-8,15H2,1H3. The number of thioether (sulfide) groups is 1. The molecular formula is C14H19NO2S. The zero-order valence-electron chi connectivity index (χ0n) is 10.6. The molecule has 2 heterocycles. The van der Waals surface area contributed by atoms with Crippen LogP contribution in [0.15, 0.2) is 18.2 Å². The number of rotatable bonds is 2. The van der Waals surface area contributed by atoms with Crippen LogP contribution in [0.1, 0.15) is 31.4 Å². The second-order valence-electron chi connectivity index (χ2n) is 5.15. The second-order valence-corrected chi connectivity index (χ2v) is 6.77. The zero-order chi connectivity index (χ0) is 12.6. The summed E-state index contributed by atoms with van der Waals surface area (Å²) < 4.78 is 11.3. The van der Waals surface area contributed by atoms with Crippen molar-refractivity contribution in [3.8, 4) is 11.5 Å². The molecule has 0 spiro atoms. The Labute approximate surface area is 112 Å². The number of hydrogen-bond donors (Lipinski definition) is 1. The Hall–Kier alpha value is -0.870. The molecule has 1 aromatic rings. The predicted molar refractivity (Wildman–Crippen MR) is 74.5 cm³/mol. The highest BCUT2D eigenvalue weighted by Crippen LogP contribution is 2.46. The molecule has 3 rings (SSSR count). The number of ether oxygens (including phenoxy) is 2. The van der Waals surface area contributed by atoms with Gasteiger partial charge in [-0.15, -0.1) is 0 Å². The van der Waals surface area contributed by atoms with Gasteiger partial charge in [-0.1, -0.05) is 6.07 Å². The highest BCUT2D eigenvalue weighted by atomic mass is 32.2. The molecule has 2 aliphatic rings. The van der Waals surface area contributed by atoms with Crippen molar-refractivity contribution in [2.45, 2.75) is 30.6 Å². The molecule has 1 aromatic carbocycles. The molecule has 4 heteroatoms. The van der Waals surface area contributed by atoms with E-state index in [0.717, 1.165) is 17.1 Å². The first-order valence-corrected chi connectivity index (χ1v) is 7.47. The lowest BCUT2D eigenvalue weighted by molar-refractivity contribution is 0.171. The van der Waals surface area contributed by atoms with Crippen LogP contribution in [-0.4, -0.2) is 23.7 Å². The first-order chi connectivity index (χ1) is 8.69. The molecule has 0 saturated carbocycles. The van der Waals surface area contributed by atoms with Gasteiger partial charge < -0.3 is 15.2 Å². The van der Waals surface area contributed by atoms with Gasteiger partial charge in [-0.05, 0) is 43.2 Å². The van der Waals surface area contributed by atoms with Gasteiger partial charge in [0.05, 0.1) is 0 Å². The average Bonchev–Trinajstić information content (AvgIpc) is 2.85. The topological polar surface area (TPSA) is 44.5 Å². The van der Waals surface area contributed by atoms with Crippen LogP contribution in [0.5, 0.6) is 11.5 Å². The maximum absolute atomic E-state index is 6.45. The fraction of sp³-hybridized carbons (Fsp3) is 0.571. The molecule has 1 saturated heterocycles. The molecule has 0 bridgehead atoms. The molecule has 0 amide bonds. The summed E-state index contributed by atoms with van der Waals surface area (Å²) in [4.78, 5) is 0. The van der Waals surface area contributed by atoms with Crippen LogP contribution in [-0.2, 0) is 0 Å². The highest BCUT2D eigenvalue weighted by molar-refractivity contribution is 8.00. The van der Waals surface area contributed by atoms with Gasteiger partial charge in [0, 0.05) is 10.8 Å². The molecule has 2 aliphatic heterocycles. The maximum Gasteiger partial charge on any atom is 0.161 e. The van der Waals surface area contributed by atoms with Crippen LogP contribution < -0.4 is 15.2 Å². The lowest BCUT2D eigenvalue weighted by atomic mass is 9.91. The van der Waals surface area contributed by atoms with Crippen LogP contribution >= 0.6 is 11.8 Å². The molecule has 98 valence electrons. The van der Waals surface area contributed by atoms with E-state index in [1.165, 1.54) is 18.6 Å². The Morgan fingerprint density at radius 1 is 1.28 bits per heavy atom. The van der Waals surface area contributed by atoms with Crippen molar-refractivity contribution in [1.29, 1.82) is 0 Å². The minimum absolute atomic E-state index is 0.0563. The van der Waals surface area contributed by atoms with Gasteiger partial charge in [-0.2, -0.15) is 11.8 Å². The minimum Gasteiger partial charge on any atom is -0.486 e. The smallest absolute Gasteiger partial charge is 0.161 e. The summed E-state index contributed by atoms with van der Waals surface area (Å²) in [6.45, 7) is 3.52. The second kappa shape index (κ2) is 4.67. The number of nitrogens with two attached hydrogens (primary N) is 1. The Bertz CT molecular complexity index is 443. The lowest BCUT2D eigenvalue weighted by Crippen LogP contribution is -2.33. The van der Waals surface area contributed by atoms with E-state index in [-0.39, 0.29) is 10.8 Å². The third kappa shape index (κ3) is 2.08. The molecular weight excluding hydrogens is 246 g/mol. The molecule has 2 unspecified atom stereocenters. The normalized spacial score (nSPS) is 28.1. The van der Waals surface area contributed by atoms with E-state index < -0.39 is 0 Å². The van der Waals surface area contributed by atoms with E-state index in [4.69, 9.17) is 15.2 Å². The van der Waals surface area contributed by atoms with Crippen molar-refractivity contribution in [1.82, 2.24) is 0 Å². The lowest BCUT2D eigenvalue weighted by Gasteiger charge is -2.31. The van der Waals surface area contributed by atoms with Crippen molar-refractivity contribution in [2.24, 2.45) is 5.73 Å². The Kier molecular flexibility index (Phi) is 3.16. The van der Waals surface area contributed by atoms with Crippen LogP contribution in [0.3, 0.4) is 0 Å². The van der Waals surface area contributed by atoms with Gasteiger partial charge in [-0.25, -0.2) is 0 Å². The quantitative estimate of drug-likeness (QED) is 0.893. The third-order valence-electron chi connectivity index (χ3n) is 3.83. The van der Waals surface area contributed by atoms with Crippen molar-refractivity contribution in [3.05, 3.63) is 23.8 Å². The van der Waals surface area contributed by atoms with Crippen LogP contribution in [0.25, 0.3) is 0 Å². The molecule has 18 heavy (non-hydrogen) atoms. The summed E-state index contributed by atoms with van der Waals surface area (Å²) in [6, 6.07) is 6.15. The molecule has 0 aromatic heterocycles. The summed E-state index contributed by atoms with van der Waals surface area (Å²) in [5.41, 5.74) is 7.60. The fourth-order valence-corrected chi connectivity index (χ4v) is 4.01. The van der Waals surface area contributed by atoms with Gasteiger partial charge in [-0.3, -0.25) is 0 Å². The zero-order valence-corrected chi connectivity index (χ0v) is 11.5. The average molecular weight is 265 g/mol. The van der Waals surface area contributed by atoms with Crippen molar-refractivity contribution in [2.75, 3.05) is 19.0 Å². The van der Waals surface area contributed by atoms with Crippen molar-refractivity contribution < 1.29 is 9.47 Å². The van der Waals surface area contributed by atoms with Gasteiger partial charge >= 0.3 is 0 Å². The summed E-state index contributed by atoms with van der Waals surface area (Å²) in [5, 5.41) is 0. The maximum atomic E-state index is 6.45. The van der Waals surface area contributed by atoms with Gasteiger partial charge in [0.1, 0.15) is 13.2 Å². The summed E-state index contributed by atoms with van der Waals surface area (Å²) >= 11 is 1.99. The van der Waals surface area contributed by atoms with Gasteiger partial charge in [0.15, 0.2) is 11.5 Å². The SMILES string of the molecule is CC1(C(N)c2ccc3c(c2)OCCO3)CCCS1. The number of fused-ring (bicyclic) bond motifs is 1. The van der Waals surface area contributed by atoms with E-state index in [1.807, 2.05) is 23.9 Å². The largest absolute Gasteiger partial charge is 0.486 e. The van der Waals surface area contributed by atoms with E-state index in [9.17, 15) is 0 Å². The van der Waals surface area contributed by atoms with Crippen LogP contribution in [0.4, 0.5) is 0 Å². The van der Waals surface area contributed by atoms with Gasteiger partial charge in [0.2, 0.25) is 0 Å². The van der Waals surface area contributed by atoms with E-state index in [1.54, 1.807) is 0 Å². The molecule has 3 nitrogen and oxygen atoms in total. The Morgan fingerprint density at radius 2 is 2.06 bits per heavy atom.